The van der Waals surface area contributed by atoms with Gasteiger partial charge in [-0.05, 0) is 38.1 Å². The molecule has 0 radical (unpaired) electrons. The number of hydrogen-bond acceptors (Lipinski definition) is 9. The molecule has 2 aromatic heterocycles. The molecule has 12 heteroatoms. The zero-order valence-electron chi connectivity index (χ0n) is 23.8. The number of oxazole rings is 1. The average molecular weight is 647 g/mol. The minimum atomic E-state index is 0. The third-order valence-corrected chi connectivity index (χ3v) is 8.95. The number of carbonyl (C=O) groups excluding carboxylic acids is 1. The Morgan fingerprint density at radius 3 is 2.35 bits per heavy atom. The van der Waals surface area contributed by atoms with Gasteiger partial charge in [0.25, 0.3) is 5.22 Å². The van der Waals surface area contributed by atoms with Gasteiger partial charge in [-0.25, -0.2) is 9.97 Å². The number of amides is 1. The summed E-state index contributed by atoms with van der Waals surface area (Å²) < 4.78 is 5.80. The molecule has 0 spiro atoms. The Morgan fingerprint density at radius 1 is 1.00 bits per heavy atom. The molecular weight excluding hydrogens is 605 g/mol. The van der Waals surface area contributed by atoms with Gasteiger partial charge < -0.3 is 14.6 Å². The maximum absolute atomic E-state index is 13.1. The first-order valence-corrected chi connectivity index (χ1v) is 16.1. The van der Waals surface area contributed by atoms with Crippen molar-refractivity contribution in [2.24, 2.45) is 0 Å². The minimum Gasteiger partial charge on any atom is -0.431 e. The molecule has 3 heterocycles. The van der Waals surface area contributed by atoms with E-state index in [0.717, 1.165) is 82.5 Å². The summed E-state index contributed by atoms with van der Waals surface area (Å²) >= 11 is 5.16. The van der Waals surface area contributed by atoms with Crippen LogP contribution in [-0.2, 0) is 4.79 Å². The van der Waals surface area contributed by atoms with Crippen molar-refractivity contribution in [2.45, 2.75) is 66.7 Å². The highest BCUT2D eigenvalue weighted by atomic mass is 35.5. The SMILES string of the molecule is Cc1cc(SC(C)C)c(NC(=O)CN2CCN(CCCSc3nc4ccccc4o3)CC2)c(SC(C)C)n1.Cl.Cl. The molecule has 0 unspecified atom stereocenters. The van der Waals surface area contributed by atoms with Crippen LogP contribution in [0, 0.1) is 6.92 Å². The van der Waals surface area contributed by atoms with Gasteiger partial charge in [-0.1, -0.05) is 51.6 Å². The summed E-state index contributed by atoms with van der Waals surface area (Å²) in [5, 5.41) is 5.70. The molecule has 4 rings (SSSR count). The number of halogens is 2. The van der Waals surface area contributed by atoms with Crippen molar-refractivity contribution in [1.29, 1.82) is 0 Å². The lowest BCUT2D eigenvalue weighted by Crippen LogP contribution is -2.48. The standard InChI is InChI=1S/C28H39N5O2S3.2ClH/c1-19(2)37-24-17-21(5)29-27(38-20(3)4)26(24)31-25(34)18-33-14-12-32(13-15-33)11-8-16-36-28-30-22-9-6-7-10-23(22)35-28;;/h6-7,9-10,17,19-20H,8,11-16,18H2,1-5H3,(H,31,34);2*1H. The van der Waals surface area contributed by atoms with Crippen molar-refractivity contribution in [2.75, 3.05) is 50.3 Å². The van der Waals surface area contributed by atoms with Crippen LogP contribution in [0.25, 0.3) is 11.1 Å². The second-order valence-corrected chi connectivity index (χ2v) is 14.3. The maximum atomic E-state index is 13.1. The lowest BCUT2D eigenvalue weighted by atomic mass is 10.3. The van der Waals surface area contributed by atoms with E-state index in [2.05, 4.69) is 53.9 Å². The fourth-order valence-electron chi connectivity index (χ4n) is 4.30. The number of rotatable bonds is 12. The van der Waals surface area contributed by atoms with Crippen LogP contribution in [0.5, 0.6) is 0 Å². The van der Waals surface area contributed by atoms with Crippen molar-refractivity contribution < 1.29 is 9.21 Å². The van der Waals surface area contributed by atoms with Crippen molar-refractivity contribution in [1.82, 2.24) is 19.8 Å². The second kappa shape index (κ2) is 17.1. The van der Waals surface area contributed by atoms with Crippen molar-refractivity contribution in [3.8, 4) is 0 Å². The molecule has 1 aliphatic rings. The highest BCUT2D eigenvalue weighted by Gasteiger charge is 2.22. The highest BCUT2D eigenvalue weighted by molar-refractivity contribution is 8.01. The third-order valence-electron chi connectivity index (χ3n) is 6.00. The number of piperazine rings is 1. The summed E-state index contributed by atoms with van der Waals surface area (Å²) in [6.07, 6.45) is 1.08. The summed E-state index contributed by atoms with van der Waals surface area (Å²) in [5.41, 5.74) is 3.61. The van der Waals surface area contributed by atoms with E-state index in [1.165, 1.54) is 0 Å². The molecule has 0 atom stereocenters. The van der Waals surface area contributed by atoms with Gasteiger partial charge in [0.05, 0.1) is 12.2 Å². The molecule has 3 aromatic rings. The van der Waals surface area contributed by atoms with E-state index in [1.54, 1.807) is 35.3 Å². The first kappa shape index (κ1) is 35.1. The molecule has 1 fully saturated rings. The zero-order chi connectivity index (χ0) is 27.1. The number of carbonyl (C=O) groups is 1. The molecule has 0 bridgehead atoms. The predicted octanol–water partition coefficient (Wildman–Crippen LogP) is 7.11. The molecule has 1 aliphatic heterocycles. The van der Waals surface area contributed by atoms with Crippen molar-refractivity contribution >= 4 is 82.8 Å². The molecular formula is C28H41Cl2N5O2S3. The molecule has 7 nitrogen and oxygen atoms in total. The van der Waals surface area contributed by atoms with Crippen LogP contribution < -0.4 is 5.32 Å². The summed E-state index contributed by atoms with van der Waals surface area (Å²) in [6, 6.07) is 9.97. The summed E-state index contributed by atoms with van der Waals surface area (Å²) in [6.45, 7) is 15.9. The Bertz CT molecular complexity index is 1160. The molecule has 1 saturated heterocycles. The maximum Gasteiger partial charge on any atom is 0.256 e. The molecule has 1 amide bonds. The highest BCUT2D eigenvalue weighted by Crippen LogP contribution is 2.38. The lowest BCUT2D eigenvalue weighted by Gasteiger charge is -2.34. The third kappa shape index (κ3) is 10.6. The van der Waals surface area contributed by atoms with Crippen LogP contribution >= 0.6 is 60.1 Å². The Labute approximate surface area is 263 Å². The number of nitrogens with one attached hydrogen (secondary N) is 1. The smallest absolute Gasteiger partial charge is 0.256 e. The summed E-state index contributed by atoms with van der Waals surface area (Å²) in [5.74, 6) is 1.02. The normalized spacial score (nSPS) is 14.4. The monoisotopic (exact) mass is 645 g/mol. The number of pyridine rings is 1. The Balaban J connectivity index is 0.00000280. The first-order chi connectivity index (χ1) is 18.3. The molecule has 1 N–H and O–H groups in total. The fourth-order valence-corrected chi connectivity index (χ4v) is 7.06. The van der Waals surface area contributed by atoms with E-state index in [0.29, 0.717) is 17.0 Å². The number of nitrogens with zero attached hydrogens (tertiary/aromatic N) is 4. The molecule has 40 heavy (non-hydrogen) atoms. The van der Waals surface area contributed by atoms with Crippen LogP contribution in [0.2, 0.25) is 0 Å². The fraction of sp³-hybridized carbons (Fsp3) is 0.536. The summed E-state index contributed by atoms with van der Waals surface area (Å²) in [7, 11) is 0. The lowest BCUT2D eigenvalue weighted by molar-refractivity contribution is -0.117. The topological polar surface area (TPSA) is 74.5 Å². The van der Waals surface area contributed by atoms with E-state index in [-0.39, 0.29) is 30.7 Å². The Kier molecular flexibility index (Phi) is 15.0. The Morgan fingerprint density at radius 2 is 1.68 bits per heavy atom. The van der Waals surface area contributed by atoms with E-state index >= 15 is 0 Å². The summed E-state index contributed by atoms with van der Waals surface area (Å²) in [4.78, 5) is 28.2. The number of hydrogen-bond donors (Lipinski definition) is 1. The molecule has 0 aliphatic carbocycles. The minimum absolute atomic E-state index is 0. The number of aromatic nitrogens is 2. The van der Waals surface area contributed by atoms with Crippen LogP contribution in [0.4, 0.5) is 5.69 Å². The van der Waals surface area contributed by atoms with Gasteiger partial charge in [-0.2, -0.15) is 0 Å². The zero-order valence-corrected chi connectivity index (χ0v) is 27.9. The number of fused-ring (bicyclic) bond motifs is 1. The second-order valence-electron chi connectivity index (χ2n) is 10.1. The molecule has 1 aromatic carbocycles. The van der Waals surface area contributed by atoms with Crippen molar-refractivity contribution in [3.63, 3.8) is 0 Å². The largest absolute Gasteiger partial charge is 0.431 e. The van der Waals surface area contributed by atoms with E-state index in [1.807, 2.05) is 31.2 Å². The molecule has 222 valence electrons. The number of para-hydroxylation sites is 2. The van der Waals surface area contributed by atoms with E-state index < -0.39 is 0 Å². The van der Waals surface area contributed by atoms with Gasteiger partial charge in [-0.3, -0.25) is 9.69 Å². The number of benzene rings is 1. The average Bonchev–Trinajstić information content (AvgIpc) is 3.27. The molecule has 0 saturated carbocycles. The van der Waals surface area contributed by atoms with E-state index in [9.17, 15) is 4.79 Å². The van der Waals surface area contributed by atoms with Gasteiger partial charge in [0, 0.05) is 53.0 Å². The van der Waals surface area contributed by atoms with Gasteiger partial charge in [0.1, 0.15) is 10.5 Å². The number of aryl methyl sites for hydroxylation is 1. The predicted molar refractivity (Wildman–Crippen MR) is 176 cm³/mol. The van der Waals surface area contributed by atoms with Crippen LogP contribution in [-0.4, -0.2) is 81.2 Å². The van der Waals surface area contributed by atoms with Gasteiger partial charge in [0.15, 0.2) is 5.58 Å². The Hall–Kier alpha value is -1.14. The van der Waals surface area contributed by atoms with Crippen LogP contribution in [0.3, 0.4) is 0 Å². The van der Waals surface area contributed by atoms with Gasteiger partial charge in [0.2, 0.25) is 5.91 Å². The van der Waals surface area contributed by atoms with Crippen molar-refractivity contribution in [3.05, 3.63) is 36.0 Å². The van der Waals surface area contributed by atoms with Gasteiger partial charge in [-0.15, -0.1) is 48.3 Å². The quantitative estimate of drug-likeness (QED) is 0.164. The van der Waals surface area contributed by atoms with Crippen LogP contribution in [0.15, 0.2) is 49.9 Å². The first-order valence-electron chi connectivity index (χ1n) is 13.3. The number of anilines is 1. The van der Waals surface area contributed by atoms with E-state index in [4.69, 9.17) is 9.40 Å². The van der Waals surface area contributed by atoms with Crippen LogP contribution in [0.1, 0.15) is 39.8 Å². The van der Waals surface area contributed by atoms with Gasteiger partial charge >= 0.3 is 0 Å². The number of thioether (sulfide) groups is 3.